The highest BCUT2D eigenvalue weighted by molar-refractivity contribution is 5.83. The fourth-order valence-corrected chi connectivity index (χ4v) is 9.04. The number of nitrogens with zero attached hydrogens (tertiary/aromatic N) is 1. The Hall–Kier alpha value is -2.32. The third kappa shape index (κ3) is 12.2. The Bertz CT molecular complexity index is 1630. The van der Waals surface area contributed by atoms with E-state index in [1.807, 2.05) is 0 Å². The molecule has 17 heteroatoms. The van der Waals surface area contributed by atoms with Crippen molar-refractivity contribution in [3.63, 3.8) is 0 Å². The summed E-state index contributed by atoms with van der Waals surface area (Å²) in [6.07, 6.45) is -13.2. The molecule has 17 nitrogen and oxygen atoms in total. The number of cyclic esters (lactones) is 1. The van der Waals surface area contributed by atoms with Crippen LogP contribution in [0.2, 0.25) is 0 Å². The van der Waals surface area contributed by atoms with Crippen LogP contribution in [0.1, 0.15) is 121 Å². The van der Waals surface area contributed by atoms with E-state index in [1.54, 1.807) is 60.5 Å². The van der Waals surface area contributed by atoms with Crippen molar-refractivity contribution in [3.8, 4) is 0 Å². The number of likely N-dealkylation sites (N-methyl/N-ethyl adjacent to an activating group) is 1. The zero-order valence-corrected chi connectivity index (χ0v) is 37.5. The van der Waals surface area contributed by atoms with Gasteiger partial charge in [0.2, 0.25) is 0 Å². The summed E-state index contributed by atoms with van der Waals surface area (Å²) in [5.74, 6) is -8.06. The lowest BCUT2D eigenvalue weighted by atomic mass is 9.74. The quantitative estimate of drug-likeness (QED) is 0.163. The summed E-state index contributed by atoms with van der Waals surface area (Å²) in [5, 5.41) is 46.9. The summed E-state index contributed by atoms with van der Waals surface area (Å²) < 4.78 is 85.2. The van der Waals surface area contributed by atoms with Gasteiger partial charge in [-0.25, -0.2) is 0 Å². The molecule has 1 unspecified atom stereocenters. The number of methoxy groups -OCH3 is 1. The number of aliphatic hydroxyl groups excluding tert-OH is 2. The molecule has 0 saturated carbocycles. The minimum atomic E-state index is -3.31. The van der Waals surface area contributed by atoms with Gasteiger partial charge in [0.05, 0.1) is 75.8 Å². The molecule has 3 aliphatic rings. The summed E-state index contributed by atoms with van der Waals surface area (Å²) in [6.45, 7) is 8.99. The molecule has 348 valence electrons. The average molecular weight is 867 g/mol. The highest BCUT2D eigenvalue weighted by atomic mass is 16.7. The minimum absolute atomic E-state index is 0.00999. The Labute approximate surface area is 363 Å². The number of hydrogen-bond acceptors (Lipinski definition) is 17. The summed E-state index contributed by atoms with van der Waals surface area (Å²) in [4.78, 5) is 56.1. The molecule has 0 bridgehead atoms. The van der Waals surface area contributed by atoms with Gasteiger partial charge in [-0.2, -0.15) is 0 Å². The van der Waals surface area contributed by atoms with Crippen molar-refractivity contribution in [2.24, 2.45) is 23.7 Å². The van der Waals surface area contributed by atoms with E-state index in [9.17, 15) is 39.6 Å². The molecule has 3 rings (SSSR count). The number of hydrogen-bond donors (Lipinski definition) is 4. The second-order valence-electron chi connectivity index (χ2n) is 18.0. The van der Waals surface area contributed by atoms with Crippen molar-refractivity contribution in [2.45, 2.75) is 199 Å². The van der Waals surface area contributed by atoms with Gasteiger partial charge in [-0.1, -0.05) is 27.7 Å². The van der Waals surface area contributed by atoms with Gasteiger partial charge in [-0.15, -0.1) is 0 Å². The third-order valence-corrected chi connectivity index (χ3v) is 12.8. The molecule has 3 saturated heterocycles. The second-order valence-corrected chi connectivity index (χ2v) is 18.0. The average Bonchev–Trinajstić information content (AvgIpc) is 3.19. The van der Waals surface area contributed by atoms with Crippen LogP contribution in [0, 0.1) is 23.7 Å². The molecule has 3 heterocycles. The smallest absolute Gasteiger partial charge is 0.311 e. The molecule has 0 aliphatic carbocycles. The van der Waals surface area contributed by atoms with Crippen LogP contribution in [-0.4, -0.2) is 161 Å². The van der Waals surface area contributed by atoms with Gasteiger partial charge in [0.15, 0.2) is 18.7 Å². The van der Waals surface area contributed by atoms with Gasteiger partial charge in [0.25, 0.3) is 0 Å². The predicted molar refractivity (Wildman–Crippen MR) is 216 cm³/mol. The summed E-state index contributed by atoms with van der Waals surface area (Å²) in [6, 6.07) is -0.596. The number of esters is 3. The highest BCUT2D eigenvalue weighted by Crippen LogP contribution is 2.41. The van der Waals surface area contributed by atoms with E-state index < -0.39 is 158 Å². The summed E-state index contributed by atoms with van der Waals surface area (Å²) in [5.41, 5.74) is -5.25. The lowest BCUT2D eigenvalue weighted by molar-refractivity contribution is -0.319. The molecule has 4 N–H and O–H groups in total. The van der Waals surface area contributed by atoms with Crippen LogP contribution in [0.3, 0.4) is 0 Å². The largest absolute Gasteiger partial charge is 0.466 e. The standard InChI is InChI=1S/C43H75NO16/c1-15-29-43(11,52)36(48)24(5)33(47)22(3)20-41(9,51)38(25(6)34(26(7)39(50)57-29)59-32-21-42(10,53-14)37(49)27(8)56-32)60-40-35(28(44(12)13)19-23(4)55-40)58-31(46)18-17-30(45)54-16-2/h22-29,32,34-38,40,48-49,51-52H,15-21H2,1-14H3/t22-,23-,24+,25+,26-,27+,28+,29-,32+,34+,35-,36-,37+,38?,40+,41-,42-,43-/m1/s1/i2D3,16D2. The van der Waals surface area contributed by atoms with E-state index in [0.29, 0.717) is 6.42 Å². The van der Waals surface area contributed by atoms with E-state index in [1.165, 1.54) is 34.8 Å². The van der Waals surface area contributed by atoms with Gasteiger partial charge < -0.3 is 63.2 Å². The number of carbonyl (C=O) groups excluding carboxylic acids is 4. The monoisotopic (exact) mass is 867 g/mol. The van der Waals surface area contributed by atoms with Crippen molar-refractivity contribution in [1.29, 1.82) is 0 Å². The molecule has 0 aromatic heterocycles. The fraction of sp³-hybridized carbons (Fsp3) is 0.907. The van der Waals surface area contributed by atoms with Crippen molar-refractivity contribution in [3.05, 3.63) is 0 Å². The van der Waals surface area contributed by atoms with Gasteiger partial charge in [0.1, 0.15) is 23.6 Å². The molecule has 18 atom stereocenters. The Balaban J connectivity index is 2.18. The number of carbonyl (C=O) groups is 4. The normalized spacial score (nSPS) is 45.5. The number of ketones is 1. The van der Waals surface area contributed by atoms with Crippen LogP contribution in [0.4, 0.5) is 0 Å². The van der Waals surface area contributed by atoms with Crippen LogP contribution in [0.25, 0.3) is 0 Å². The fourth-order valence-electron chi connectivity index (χ4n) is 9.04. The van der Waals surface area contributed by atoms with Crippen LogP contribution in [0.5, 0.6) is 0 Å². The van der Waals surface area contributed by atoms with E-state index in [0.717, 1.165) is 0 Å². The lowest BCUT2D eigenvalue weighted by Gasteiger charge is -2.49. The molecule has 0 aromatic carbocycles. The molecular weight excluding hydrogens is 786 g/mol. The predicted octanol–water partition coefficient (Wildman–Crippen LogP) is 2.68. The van der Waals surface area contributed by atoms with Crippen molar-refractivity contribution < 1.29 is 84.4 Å². The lowest BCUT2D eigenvalue weighted by Crippen LogP contribution is -2.61. The van der Waals surface area contributed by atoms with Crippen LogP contribution in [0.15, 0.2) is 0 Å². The van der Waals surface area contributed by atoms with Gasteiger partial charge in [0, 0.05) is 35.4 Å². The molecule has 0 aromatic rings. The van der Waals surface area contributed by atoms with Gasteiger partial charge >= 0.3 is 17.9 Å². The molecule has 0 spiro atoms. The van der Waals surface area contributed by atoms with Crippen molar-refractivity contribution in [1.82, 2.24) is 4.90 Å². The first-order valence-corrected chi connectivity index (χ1v) is 20.9. The van der Waals surface area contributed by atoms with Crippen LogP contribution >= 0.6 is 0 Å². The van der Waals surface area contributed by atoms with Gasteiger partial charge in [-0.3, -0.25) is 19.2 Å². The maximum atomic E-state index is 14.3. The number of aliphatic hydroxyl groups is 4. The van der Waals surface area contributed by atoms with Crippen molar-refractivity contribution >= 4 is 23.7 Å². The Kier molecular flexibility index (Phi) is 15.8. The first kappa shape index (κ1) is 44.3. The Morgan fingerprint density at radius 2 is 1.55 bits per heavy atom. The maximum Gasteiger partial charge on any atom is 0.311 e. The number of ether oxygens (including phenoxy) is 8. The second kappa shape index (κ2) is 21.4. The van der Waals surface area contributed by atoms with E-state index in [4.69, 9.17) is 40.0 Å². The molecule has 0 radical (unpaired) electrons. The van der Waals surface area contributed by atoms with Crippen LogP contribution < -0.4 is 0 Å². The SMILES string of the molecule is [2H]C([2H])([2H])C([2H])([2H])OC(=O)CCC(=O)O[C@H]1[C@H](OC2[C@@H](C)[C@H](O[C@H]3C[C@@](C)(OC)[C@@H](O)[C@H](C)O3)[C@@H](C)C(=O)O[C@H](CC)[C@@](C)(O)[C@H](O)[C@@H](C)C(=O)[C@H](C)C[C@@]2(C)O)O[C@H](C)C[C@@H]1N(C)C. The molecule has 3 aliphatic heterocycles. The maximum absolute atomic E-state index is 14.3. The summed E-state index contributed by atoms with van der Waals surface area (Å²) >= 11 is 0. The molecule has 60 heavy (non-hydrogen) atoms. The van der Waals surface area contributed by atoms with Gasteiger partial charge in [-0.05, 0) is 81.8 Å². The summed E-state index contributed by atoms with van der Waals surface area (Å²) in [7, 11) is 4.89. The van der Waals surface area contributed by atoms with E-state index in [2.05, 4.69) is 4.74 Å². The molecular formula is C43H75NO16. The highest BCUT2D eigenvalue weighted by Gasteiger charge is 2.54. The third-order valence-electron chi connectivity index (χ3n) is 12.8. The van der Waals surface area contributed by atoms with E-state index in [-0.39, 0.29) is 19.3 Å². The van der Waals surface area contributed by atoms with Crippen molar-refractivity contribution in [2.75, 3.05) is 27.8 Å². The Morgan fingerprint density at radius 3 is 2.13 bits per heavy atom. The number of Topliss-reactive ketones (excluding diaryl/α,β-unsaturated/α-hetero) is 1. The van der Waals surface area contributed by atoms with E-state index >= 15 is 0 Å². The number of rotatable bonds is 12. The zero-order valence-electron chi connectivity index (χ0n) is 42.5. The Morgan fingerprint density at radius 1 is 0.917 bits per heavy atom. The molecule has 0 amide bonds. The van der Waals surface area contributed by atoms with Crippen LogP contribution in [-0.2, 0) is 57.1 Å². The zero-order chi connectivity index (χ0) is 49.9. The first-order chi connectivity index (χ1) is 29.6. The molecule has 3 fully saturated rings. The first-order valence-electron chi connectivity index (χ1n) is 23.4. The topological polar surface area (TPSA) is 226 Å². The minimum Gasteiger partial charge on any atom is -0.466 e.